The number of rotatable bonds is 4. The van der Waals surface area contributed by atoms with Gasteiger partial charge in [0.25, 0.3) is 5.91 Å². The average Bonchev–Trinajstić information content (AvgIpc) is 2.66. The Hall–Kier alpha value is -1.64. The number of amides is 2. The molecule has 0 unspecified atom stereocenters. The van der Waals surface area contributed by atoms with Crippen LogP contribution in [-0.4, -0.2) is 62.0 Å². The van der Waals surface area contributed by atoms with Crippen LogP contribution in [0.25, 0.3) is 0 Å². The van der Waals surface area contributed by atoms with Crippen molar-refractivity contribution in [1.29, 1.82) is 0 Å². The predicted molar refractivity (Wildman–Crippen MR) is 97.1 cm³/mol. The summed E-state index contributed by atoms with van der Waals surface area (Å²) < 4.78 is 42.6. The van der Waals surface area contributed by atoms with E-state index in [9.17, 15) is 18.0 Å². The first-order chi connectivity index (χ1) is 11.7. The van der Waals surface area contributed by atoms with Crippen molar-refractivity contribution in [2.45, 2.75) is 64.3 Å². The van der Waals surface area contributed by atoms with Gasteiger partial charge < -0.3 is 15.0 Å². The maximum atomic E-state index is 15.1. The third-order valence-corrected chi connectivity index (χ3v) is 4.46. The maximum absolute atomic E-state index is 15.1. The highest BCUT2D eigenvalue weighted by molar-refractivity contribution is 7.93. The van der Waals surface area contributed by atoms with E-state index in [2.05, 4.69) is 5.32 Å². The number of halogens is 1. The van der Waals surface area contributed by atoms with E-state index >= 15 is 4.39 Å². The number of hydrogen-bond donors (Lipinski definition) is 1. The lowest BCUT2D eigenvalue weighted by atomic mass is 9.95. The monoisotopic (exact) mass is 392 g/mol. The summed E-state index contributed by atoms with van der Waals surface area (Å²) in [6.45, 7) is 7.21. The van der Waals surface area contributed by atoms with Gasteiger partial charge in [-0.05, 0) is 40.5 Å². The normalized spacial score (nSPS) is 23.4. The van der Waals surface area contributed by atoms with Crippen molar-refractivity contribution < 1.29 is 27.1 Å². The Morgan fingerprint density at radius 3 is 2.42 bits per heavy atom. The molecule has 1 saturated heterocycles. The second kappa shape index (κ2) is 8.37. The van der Waals surface area contributed by atoms with Gasteiger partial charge in [-0.2, -0.15) is 0 Å². The van der Waals surface area contributed by atoms with Gasteiger partial charge in [0, 0.05) is 37.2 Å². The van der Waals surface area contributed by atoms with E-state index in [0.717, 1.165) is 11.7 Å². The van der Waals surface area contributed by atoms with Gasteiger partial charge in [-0.15, -0.1) is 0 Å². The maximum Gasteiger partial charge on any atom is 0.410 e. The molecule has 2 atom stereocenters. The summed E-state index contributed by atoms with van der Waals surface area (Å²) >= 11 is 0. The Labute approximate surface area is 154 Å². The molecule has 1 heterocycles. The van der Waals surface area contributed by atoms with Crippen LogP contribution in [0.1, 0.15) is 47.0 Å². The van der Waals surface area contributed by atoms with Gasteiger partial charge in [0.05, 0.1) is 0 Å². The molecule has 0 radical (unpaired) electrons. The molecule has 0 aliphatic carbocycles. The fourth-order valence-corrected chi connectivity index (χ4v) is 3.00. The summed E-state index contributed by atoms with van der Waals surface area (Å²) in [4.78, 5) is 25.8. The number of carbonyl (C=O) groups excluding carboxylic acids is 2. The van der Waals surface area contributed by atoms with Gasteiger partial charge >= 0.3 is 6.09 Å². The van der Waals surface area contributed by atoms with Gasteiger partial charge in [0.2, 0.25) is 0 Å². The zero-order valence-electron chi connectivity index (χ0n) is 16.0. The van der Waals surface area contributed by atoms with E-state index in [1.54, 1.807) is 27.7 Å². The van der Waals surface area contributed by atoms with Crippen LogP contribution in [0.3, 0.4) is 0 Å². The lowest BCUT2D eigenvalue weighted by Crippen LogP contribution is -2.47. The minimum Gasteiger partial charge on any atom is -0.444 e. The molecule has 0 aromatic carbocycles. The molecular weight excluding hydrogens is 363 g/mol. The van der Waals surface area contributed by atoms with Crippen molar-refractivity contribution >= 4 is 21.8 Å². The number of carbonyl (C=O) groups is 2. The van der Waals surface area contributed by atoms with Crippen LogP contribution in [0.5, 0.6) is 0 Å². The summed E-state index contributed by atoms with van der Waals surface area (Å²) in [7, 11) is -3.32. The minimum absolute atomic E-state index is 0.0133. The fourth-order valence-electron chi connectivity index (χ4n) is 2.48. The smallest absolute Gasteiger partial charge is 0.410 e. The quantitative estimate of drug-likeness (QED) is 0.792. The molecule has 26 heavy (non-hydrogen) atoms. The topological polar surface area (TPSA) is 92.8 Å². The standard InChI is InChI=1S/C17H29FN2O5S/c1-13(7-12-26(5,23)24)19-14(21)17(18)8-6-10-20(11-9-17)15(22)25-16(2,3)4/h7,12-13H,6,8-11H2,1-5H3,(H,19,21)/b12-7-/t13-,17-/m1/s1. The van der Waals surface area contributed by atoms with E-state index < -0.39 is 39.1 Å². The van der Waals surface area contributed by atoms with E-state index in [0.29, 0.717) is 13.0 Å². The Morgan fingerprint density at radius 2 is 1.88 bits per heavy atom. The van der Waals surface area contributed by atoms with Crippen molar-refractivity contribution in [3.8, 4) is 0 Å². The zero-order chi connectivity index (χ0) is 20.2. The summed E-state index contributed by atoms with van der Waals surface area (Å²) in [5, 5.41) is 3.45. The van der Waals surface area contributed by atoms with Crippen molar-refractivity contribution in [1.82, 2.24) is 10.2 Å². The highest BCUT2D eigenvalue weighted by atomic mass is 32.2. The summed E-state index contributed by atoms with van der Waals surface area (Å²) in [6.07, 6.45) is 1.98. The molecule has 9 heteroatoms. The number of nitrogens with zero attached hydrogens (tertiary/aromatic N) is 1. The van der Waals surface area contributed by atoms with E-state index in [-0.39, 0.29) is 19.4 Å². The highest BCUT2D eigenvalue weighted by Gasteiger charge is 2.41. The molecule has 1 rings (SSSR count). The lowest BCUT2D eigenvalue weighted by molar-refractivity contribution is -0.134. The molecular formula is C17H29FN2O5S. The van der Waals surface area contributed by atoms with Gasteiger partial charge in [0.1, 0.15) is 5.60 Å². The number of sulfone groups is 1. The number of alkyl halides is 1. The van der Waals surface area contributed by atoms with Crippen LogP contribution in [0.2, 0.25) is 0 Å². The summed E-state index contributed by atoms with van der Waals surface area (Å²) in [5.41, 5.74) is -2.75. The van der Waals surface area contributed by atoms with Crippen molar-refractivity contribution in [3.63, 3.8) is 0 Å². The number of hydrogen-bond acceptors (Lipinski definition) is 5. The lowest BCUT2D eigenvalue weighted by Gasteiger charge is -2.27. The first-order valence-electron chi connectivity index (χ1n) is 8.58. The Bertz CT molecular complexity index is 657. The summed E-state index contributed by atoms with van der Waals surface area (Å²) in [5.74, 6) is -0.797. The van der Waals surface area contributed by atoms with Crippen LogP contribution in [0, 0.1) is 0 Å². The molecule has 0 aromatic rings. The van der Waals surface area contributed by atoms with Crippen LogP contribution in [0.4, 0.5) is 9.18 Å². The zero-order valence-corrected chi connectivity index (χ0v) is 16.9. The molecule has 0 saturated carbocycles. The third kappa shape index (κ3) is 7.72. The molecule has 1 N–H and O–H groups in total. The minimum atomic E-state index is -3.32. The van der Waals surface area contributed by atoms with Crippen molar-refractivity contribution in [2.75, 3.05) is 19.3 Å². The van der Waals surface area contributed by atoms with E-state index in [1.807, 2.05) is 0 Å². The fraction of sp³-hybridized carbons (Fsp3) is 0.765. The number of ether oxygens (including phenoxy) is 1. The van der Waals surface area contributed by atoms with Gasteiger partial charge in [-0.3, -0.25) is 4.79 Å². The van der Waals surface area contributed by atoms with E-state index in [4.69, 9.17) is 4.74 Å². The molecule has 7 nitrogen and oxygen atoms in total. The SMILES string of the molecule is C[C@H](/C=C\S(C)(=O)=O)NC(=O)[C@@]1(F)CCCN(C(=O)OC(C)(C)C)CC1. The highest BCUT2D eigenvalue weighted by Crippen LogP contribution is 2.28. The molecule has 150 valence electrons. The Kier molecular flexibility index (Phi) is 7.21. The third-order valence-electron chi connectivity index (χ3n) is 3.81. The first-order valence-corrected chi connectivity index (χ1v) is 10.5. The first kappa shape index (κ1) is 22.4. The van der Waals surface area contributed by atoms with E-state index in [1.165, 1.54) is 11.0 Å². The van der Waals surface area contributed by atoms with Crippen LogP contribution in [-0.2, 0) is 19.4 Å². The van der Waals surface area contributed by atoms with Crippen LogP contribution < -0.4 is 5.32 Å². The molecule has 1 aliphatic rings. The summed E-state index contributed by atoms with van der Waals surface area (Å²) in [6, 6.07) is -0.630. The average molecular weight is 392 g/mol. The van der Waals surface area contributed by atoms with Gasteiger partial charge in [0.15, 0.2) is 15.5 Å². The molecule has 0 bridgehead atoms. The Morgan fingerprint density at radius 1 is 1.27 bits per heavy atom. The van der Waals surface area contributed by atoms with Crippen molar-refractivity contribution in [3.05, 3.63) is 11.5 Å². The second-order valence-electron chi connectivity index (χ2n) is 7.71. The Balaban J connectivity index is 2.69. The second-order valence-corrected chi connectivity index (χ2v) is 9.64. The molecule has 1 fully saturated rings. The van der Waals surface area contributed by atoms with Gasteiger partial charge in [-0.1, -0.05) is 6.08 Å². The molecule has 0 aromatic heterocycles. The van der Waals surface area contributed by atoms with Crippen molar-refractivity contribution in [2.24, 2.45) is 0 Å². The molecule has 1 aliphatic heterocycles. The van der Waals surface area contributed by atoms with Gasteiger partial charge in [-0.25, -0.2) is 17.6 Å². The number of likely N-dealkylation sites (tertiary alicyclic amines) is 1. The molecule has 0 spiro atoms. The molecule has 2 amide bonds. The van der Waals surface area contributed by atoms with Crippen LogP contribution >= 0.6 is 0 Å². The largest absolute Gasteiger partial charge is 0.444 e. The van der Waals surface area contributed by atoms with Crippen LogP contribution in [0.15, 0.2) is 11.5 Å². The predicted octanol–water partition coefficient (Wildman–Crippen LogP) is 2.18. The number of nitrogens with one attached hydrogen (secondary N) is 1.